The highest BCUT2D eigenvalue weighted by Crippen LogP contribution is 2.33. The Bertz CT molecular complexity index is 360. The fourth-order valence-electron chi connectivity index (χ4n) is 2.05. The van der Waals surface area contributed by atoms with E-state index in [9.17, 15) is 0 Å². The van der Waals surface area contributed by atoms with Gasteiger partial charge in [0.1, 0.15) is 11.9 Å². The smallest absolute Gasteiger partial charge is 0.126 e. The predicted molar refractivity (Wildman–Crippen MR) is 62.4 cm³/mol. The molecule has 0 radical (unpaired) electrons. The summed E-state index contributed by atoms with van der Waals surface area (Å²) in [5.74, 6) is 1.11. The van der Waals surface area contributed by atoms with Gasteiger partial charge < -0.3 is 9.64 Å². The van der Waals surface area contributed by atoms with Gasteiger partial charge in [0.15, 0.2) is 0 Å². The van der Waals surface area contributed by atoms with E-state index in [0.29, 0.717) is 12.1 Å². The van der Waals surface area contributed by atoms with Gasteiger partial charge in [0.2, 0.25) is 0 Å². The minimum atomic E-state index is 0.302. The van der Waals surface area contributed by atoms with E-state index in [1.54, 1.807) is 0 Å². The molecule has 2 rings (SSSR count). The van der Waals surface area contributed by atoms with Gasteiger partial charge >= 0.3 is 0 Å². The Morgan fingerprint density at radius 3 is 2.73 bits per heavy atom. The lowest BCUT2D eigenvalue weighted by Crippen LogP contribution is -2.39. The molecule has 1 aliphatic heterocycles. The van der Waals surface area contributed by atoms with Crippen molar-refractivity contribution in [1.82, 2.24) is 4.90 Å². The molecule has 0 N–H and O–H groups in total. The maximum Gasteiger partial charge on any atom is 0.126 e. The van der Waals surface area contributed by atoms with Gasteiger partial charge in [-0.25, -0.2) is 0 Å². The number of fused-ring (bicyclic) bond motifs is 1. The third-order valence-corrected chi connectivity index (χ3v) is 3.34. The van der Waals surface area contributed by atoms with E-state index in [1.807, 2.05) is 0 Å². The topological polar surface area (TPSA) is 12.5 Å². The molecule has 82 valence electrons. The first kappa shape index (κ1) is 10.5. The van der Waals surface area contributed by atoms with Crippen LogP contribution in [0.1, 0.15) is 18.1 Å². The van der Waals surface area contributed by atoms with Crippen molar-refractivity contribution < 1.29 is 4.74 Å². The largest absolute Gasteiger partial charge is 0.488 e. The number of ether oxygens (including phenoxy) is 1. The summed E-state index contributed by atoms with van der Waals surface area (Å²) in [7, 11) is 4.20. The average Bonchev–Trinajstić information content (AvgIpc) is 2.61. The van der Waals surface area contributed by atoms with Crippen LogP contribution >= 0.6 is 0 Å². The molecule has 0 aliphatic carbocycles. The molecular weight excluding hydrogens is 186 g/mol. The molecule has 2 nitrogen and oxygen atoms in total. The third kappa shape index (κ3) is 1.86. The lowest BCUT2D eigenvalue weighted by Gasteiger charge is -2.25. The quantitative estimate of drug-likeness (QED) is 0.734. The van der Waals surface area contributed by atoms with E-state index in [-0.39, 0.29) is 0 Å². The highest BCUT2D eigenvalue weighted by Gasteiger charge is 2.29. The molecule has 0 amide bonds. The number of hydrogen-bond donors (Lipinski definition) is 0. The monoisotopic (exact) mass is 205 g/mol. The van der Waals surface area contributed by atoms with Crippen LogP contribution in [0.25, 0.3) is 0 Å². The van der Waals surface area contributed by atoms with E-state index in [2.05, 4.69) is 51.0 Å². The van der Waals surface area contributed by atoms with Crippen molar-refractivity contribution in [3.8, 4) is 5.75 Å². The maximum atomic E-state index is 6.02. The third-order valence-electron chi connectivity index (χ3n) is 3.34. The number of rotatable bonds is 2. The molecule has 0 spiro atoms. The minimum Gasteiger partial charge on any atom is -0.488 e. The molecular formula is C13H19NO. The molecule has 0 saturated carbocycles. The first-order valence-corrected chi connectivity index (χ1v) is 5.51. The zero-order valence-electron chi connectivity index (χ0n) is 9.95. The van der Waals surface area contributed by atoms with Crippen molar-refractivity contribution in [2.75, 3.05) is 14.1 Å². The van der Waals surface area contributed by atoms with Gasteiger partial charge in [0, 0.05) is 12.5 Å². The molecule has 2 heteroatoms. The number of hydrogen-bond acceptors (Lipinski definition) is 2. The fraction of sp³-hybridized carbons (Fsp3) is 0.538. The van der Waals surface area contributed by atoms with Gasteiger partial charge in [-0.05, 0) is 39.1 Å². The van der Waals surface area contributed by atoms with Crippen molar-refractivity contribution in [2.24, 2.45) is 0 Å². The Labute approximate surface area is 91.9 Å². The van der Waals surface area contributed by atoms with Crippen LogP contribution in [0.4, 0.5) is 0 Å². The summed E-state index contributed by atoms with van der Waals surface area (Å²) >= 11 is 0. The zero-order valence-corrected chi connectivity index (χ0v) is 9.95. The van der Waals surface area contributed by atoms with Crippen LogP contribution in [0.2, 0.25) is 0 Å². The number of nitrogens with zero attached hydrogens (tertiary/aromatic N) is 1. The second-order valence-corrected chi connectivity index (χ2v) is 4.63. The minimum absolute atomic E-state index is 0.302. The van der Waals surface area contributed by atoms with Gasteiger partial charge in [-0.2, -0.15) is 0 Å². The number of aryl methyl sites for hydroxylation is 1. The molecule has 1 heterocycles. The summed E-state index contributed by atoms with van der Waals surface area (Å²) in [5.41, 5.74) is 2.61. The van der Waals surface area contributed by atoms with Crippen molar-refractivity contribution >= 4 is 0 Å². The summed E-state index contributed by atoms with van der Waals surface area (Å²) in [6.07, 6.45) is 1.34. The molecule has 0 saturated heterocycles. The van der Waals surface area contributed by atoms with E-state index in [0.717, 1.165) is 12.2 Å². The first-order chi connectivity index (χ1) is 7.09. The average molecular weight is 205 g/mol. The van der Waals surface area contributed by atoms with Crippen LogP contribution in [0.3, 0.4) is 0 Å². The second-order valence-electron chi connectivity index (χ2n) is 4.63. The Kier molecular flexibility index (Phi) is 2.70. The summed E-state index contributed by atoms with van der Waals surface area (Å²) in [5, 5.41) is 0. The second kappa shape index (κ2) is 3.86. The summed E-state index contributed by atoms with van der Waals surface area (Å²) in [6.45, 7) is 4.33. The Morgan fingerprint density at radius 2 is 2.13 bits per heavy atom. The van der Waals surface area contributed by atoms with Gasteiger partial charge in [0.25, 0.3) is 0 Å². The van der Waals surface area contributed by atoms with Crippen LogP contribution in [-0.4, -0.2) is 31.1 Å². The molecule has 2 unspecified atom stereocenters. The van der Waals surface area contributed by atoms with Crippen molar-refractivity contribution in [3.63, 3.8) is 0 Å². The molecule has 0 bridgehead atoms. The molecule has 1 aromatic carbocycles. The maximum absolute atomic E-state index is 6.02. The van der Waals surface area contributed by atoms with Crippen molar-refractivity contribution in [1.29, 1.82) is 0 Å². The molecule has 1 aliphatic rings. The number of benzene rings is 1. The molecule has 15 heavy (non-hydrogen) atoms. The van der Waals surface area contributed by atoms with Crippen LogP contribution in [0, 0.1) is 6.92 Å². The molecule has 0 aromatic heterocycles. The zero-order chi connectivity index (χ0) is 11.0. The van der Waals surface area contributed by atoms with Gasteiger partial charge in [-0.15, -0.1) is 0 Å². The normalized spacial score (nSPS) is 21.3. The van der Waals surface area contributed by atoms with Crippen LogP contribution in [-0.2, 0) is 6.42 Å². The fourth-order valence-corrected chi connectivity index (χ4v) is 2.05. The lowest BCUT2D eigenvalue weighted by atomic mass is 10.0. The van der Waals surface area contributed by atoms with Crippen LogP contribution < -0.4 is 4.74 Å². The Balaban J connectivity index is 2.19. The molecule has 1 aromatic rings. The van der Waals surface area contributed by atoms with Gasteiger partial charge in [-0.3, -0.25) is 0 Å². The van der Waals surface area contributed by atoms with E-state index in [1.165, 1.54) is 11.1 Å². The van der Waals surface area contributed by atoms with Crippen LogP contribution in [0.15, 0.2) is 18.2 Å². The first-order valence-electron chi connectivity index (χ1n) is 5.51. The Hall–Kier alpha value is -1.02. The van der Waals surface area contributed by atoms with E-state index >= 15 is 0 Å². The summed E-state index contributed by atoms with van der Waals surface area (Å²) in [6, 6.07) is 6.85. The van der Waals surface area contributed by atoms with Gasteiger partial charge in [-0.1, -0.05) is 18.2 Å². The number of likely N-dealkylation sites (N-methyl/N-ethyl adjacent to an activating group) is 1. The van der Waals surface area contributed by atoms with E-state index < -0.39 is 0 Å². The summed E-state index contributed by atoms with van der Waals surface area (Å²) in [4.78, 5) is 2.21. The summed E-state index contributed by atoms with van der Waals surface area (Å²) < 4.78 is 6.02. The van der Waals surface area contributed by atoms with Crippen molar-refractivity contribution in [3.05, 3.63) is 29.3 Å². The lowest BCUT2D eigenvalue weighted by molar-refractivity contribution is 0.126. The highest BCUT2D eigenvalue weighted by molar-refractivity contribution is 5.44. The van der Waals surface area contributed by atoms with E-state index in [4.69, 9.17) is 4.74 Å². The Morgan fingerprint density at radius 1 is 1.40 bits per heavy atom. The van der Waals surface area contributed by atoms with Gasteiger partial charge in [0.05, 0.1) is 0 Å². The number of para-hydroxylation sites is 1. The standard InChI is InChI=1S/C13H19NO/c1-9-6-5-7-11-8-12(15-13(9)11)10(2)14(3)4/h5-7,10,12H,8H2,1-4H3. The SMILES string of the molecule is Cc1cccc2c1OC(C(C)N(C)C)C2. The molecule has 0 fully saturated rings. The van der Waals surface area contributed by atoms with Crippen LogP contribution in [0.5, 0.6) is 5.75 Å². The van der Waals surface area contributed by atoms with Crippen molar-refractivity contribution in [2.45, 2.75) is 32.4 Å². The highest BCUT2D eigenvalue weighted by atomic mass is 16.5. The molecule has 2 atom stereocenters. The predicted octanol–water partition coefficient (Wildman–Crippen LogP) is 2.25.